The lowest BCUT2D eigenvalue weighted by Crippen LogP contribution is -2.39. The van der Waals surface area contributed by atoms with Gasteiger partial charge in [0, 0.05) is 36.4 Å². The van der Waals surface area contributed by atoms with E-state index in [0.29, 0.717) is 37.4 Å². The standard InChI is InChI=1S/C23H28ClN3O4S/c1-2-27-17-20(26-32(30,31)21-11-9-19(24)10-12-21)15-23(27,18-7-6-14-25-16-18)13-5-3-4-8-22(28)29/h5-7,9-14,16,20,26H,2-4,8,15,17H2,1H3,(H,28,29)/b13-5-/t20-,23-/m1/s1. The number of carboxylic acid groups (broad SMARTS) is 1. The summed E-state index contributed by atoms with van der Waals surface area (Å²) < 4.78 is 28.7. The van der Waals surface area contributed by atoms with E-state index in [9.17, 15) is 13.2 Å². The molecule has 3 rings (SSSR count). The van der Waals surface area contributed by atoms with Gasteiger partial charge in [0.25, 0.3) is 0 Å². The van der Waals surface area contributed by atoms with Crippen LogP contribution >= 0.6 is 11.6 Å². The number of hydrogen-bond donors (Lipinski definition) is 2. The third kappa shape index (κ3) is 5.75. The number of nitrogens with zero attached hydrogens (tertiary/aromatic N) is 2. The van der Waals surface area contributed by atoms with E-state index in [4.69, 9.17) is 16.7 Å². The first-order chi connectivity index (χ1) is 15.3. The van der Waals surface area contributed by atoms with E-state index >= 15 is 0 Å². The van der Waals surface area contributed by atoms with Crippen molar-refractivity contribution in [3.63, 3.8) is 0 Å². The van der Waals surface area contributed by atoms with Gasteiger partial charge in [-0.2, -0.15) is 0 Å². The van der Waals surface area contributed by atoms with Gasteiger partial charge in [0.05, 0.1) is 10.4 Å². The Bertz CT molecular complexity index is 1040. The van der Waals surface area contributed by atoms with Gasteiger partial charge >= 0.3 is 5.97 Å². The van der Waals surface area contributed by atoms with E-state index in [1.54, 1.807) is 24.5 Å². The third-order valence-corrected chi connectivity index (χ3v) is 7.49. The molecule has 1 fully saturated rings. The molecule has 0 spiro atoms. The highest BCUT2D eigenvalue weighted by atomic mass is 35.5. The number of nitrogens with one attached hydrogen (secondary N) is 1. The molecule has 1 saturated heterocycles. The number of aliphatic carboxylic acids is 1. The summed E-state index contributed by atoms with van der Waals surface area (Å²) in [6, 6.07) is 9.66. The Balaban J connectivity index is 1.85. The average Bonchev–Trinajstić information content (AvgIpc) is 3.12. The highest BCUT2D eigenvalue weighted by molar-refractivity contribution is 7.89. The summed E-state index contributed by atoms with van der Waals surface area (Å²) in [6.45, 7) is 3.30. The normalized spacial score (nSPS) is 21.9. The number of allylic oxidation sites excluding steroid dienone is 1. The van der Waals surface area contributed by atoms with Crippen molar-refractivity contribution in [3.8, 4) is 0 Å². The minimum absolute atomic E-state index is 0.116. The molecule has 1 aromatic carbocycles. The van der Waals surface area contributed by atoms with Crippen LogP contribution in [0.1, 0.15) is 38.2 Å². The average molecular weight is 478 g/mol. The Labute approximate surface area is 194 Å². The number of carbonyl (C=O) groups is 1. The van der Waals surface area contributed by atoms with Gasteiger partial charge < -0.3 is 5.11 Å². The number of halogens is 1. The zero-order chi connectivity index (χ0) is 23.2. The number of likely N-dealkylation sites (tertiary alicyclic amines) is 1. The fourth-order valence-electron chi connectivity index (χ4n) is 4.23. The predicted molar refractivity (Wildman–Crippen MR) is 124 cm³/mol. The molecule has 7 nitrogen and oxygen atoms in total. The number of sulfonamides is 1. The molecule has 0 aliphatic carbocycles. The summed E-state index contributed by atoms with van der Waals surface area (Å²) in [4.78, 5) is 17.5. The van der Waals surface area contributed by atoms with Crippen LogP contribution in [0.25, 0.3) is 0 Å². The molecule has 2 heterocycles. The van der Waals surface area contributed by atoms with Gasteiger partial charge in [0.2, 0.25) is 10.0 Å². The zero-order valence-corrected chi connectivity index (χ0v) is 19.5. The van der Waals surface area contributed by atoms with Gasteiger partial charge in [-0.05, 0) is 61.7 Å². The van der Waals surface area contributed by atoms with Crippen LogP contribution in [0.2, 0.25) is 5.02 Å². The molecule has 2 atom stereocenters. The van der Waals surface area contributed by atoms with E-state index in [-0.39, 0.29) is 17.4 Å². The summed E-state index contributed by atoms with van der Waals surface area (Å²) in [7, 11) is -3.70. The summed E-state index contributed by atoms with van der Waals surface area (Å²) in [5.41, 5.74) is 0.448. The van der Waals surface area contributed by atoms with Crippen LogP contribution in [-0.4, -0.2) is 48.5 Å². The number of carboxylic acids is 1. The predicted octanol–water partition coefficient (Wildman–Crippen LogP) is 3.81. The van der Waals surface area contributed by atoms with Crippen LogP contribution in [-0.2, 0) is 20.4 Å². The third-order valence-electron chi connectivity index (χ3n) is 5.71. The summed E-state index contributed by atoms with van der Waals surface area (Å²) in [6.07, 6.45) is 9.42. The fraction of sp³-hybridized carbons (Fsp3) is 0.391. The van der Waals surface area contributed by atoms with Crippen molar-refractivity contribution in [1.29, 1.82) is 0 Å². The maximum Gasteiger partial charge on any atom is 0.303 e. The SMILES string of the molecule is CCN1C[C@H](NS(=O)(=O)c2ccc(Cl)cc2)C[C@]1(/C=C\CCCC(=O)O)c1cccnc1. The maximum absolute atomic E-state index is 12.9. The van der Waals surface area contributed by atoms with Gasteiger partial charge in [-0.25, -0.2) is 13.1 Å². The highest BCUT2D eigenvalue weighted by Crippen LogP contribution is 2.40. The minimum atomic E-state index is -3.70. The van der Waals surface area contributed by atoms with Crippen molar-refractivity contribution in [3.05, 3.63) is 71.5 Å². The van der Waals surface area contributed by atoms with Gasteiger partial charge in [-0.15, -0.1) is 0 Å². The van der Waals surface area contributed by atoms with Gasteiger partial charge in [0.15, 0.2) is 0 Å². The fourth-order valence-corrected chi connectivity index (χ4v) is 5.58. The Kier molecular flexibility index (Phi) is 8.05. The van der Waals surface area contributed by atoms with Crippen molar-refractivity contribution in [1.82, 2.24) is 14.6 Å². The summed E-state index contributed by atoms with van der Waals surface area (Å²) in [5.74, 6) is -0.812. The van der Waals surface area contributed by atoms with E-state index in [2.05, 4.69) is 20.7 Å². The molecule has 0 amide bonds. The van der Waals surface area contributed by atoms with E-state index in [1.807, 2.05) is 25.1 Å². The van der Waals surface area contributed by atoms with E-state index < -0.39 is 21.5 Å². The topological polar surface area (TPSA) is 99.6 Å². The highest BCUT2D eigenvalue weighted by Gasteiger charge is 2.45. The number of aromatic nitrogens is 1. The number of pyridine rings is 1. The lowest BCUT2D eigenvalue weighted by molar-refractivity contribution is -0.137. The Hall–Kier alpha value is -2.26. The number of rotatable bonds is 10. The molecule has 1 aromatic heterocycles. The number of hydrogen-bond acceptors (Lipinski definition) is 5. The molecule has 0 saturated carbocycles. The Morgan fingerprint density at radius 3 is 2.72 bits per heavy atom. The molecule has 2 N–H and O–H groups in total. The zero-order valence-electron chi connectivity index (χ0n) is 17.9. The molecule has 9 heteroatoms. The van der Waals surface area contributed by atoms with Crippen molar-refractivity contribution in [2.24, 2.45) is 0 Å². The smallest absolute Gasteiger partial charge is 0.303 e. The molecule has 0 radical (unpaired) electrons. The number of benzene rings is 1. The second kappa shape index (κ2) is 10.6. The lowest BCUT2D eigenvalue weighted by atomic mass is 9.86. The largest absolute Gasteiger partial charge is 0.481 e. The molecule has 172 valence electrons. The first-order valence-corrected chi connectivity index (χ1v) is 12.5. The molecule has 2 aromatic rings. The van der Waals surface area contributed by atoms with Crippen LogP contribution in [0.3, 0.4) is 0 Å². The van der Waals surface area contributed by atoms with Crippen molar-refractivity contribution in [2.45, 2.75) is 49.1 Å². The molecule has 1 aliphatic rings. The van der Waals surface area contributed by atoms with Crippen LogP contribution in [0.15, 0.2) is 65.8 Å². The van der Waals surface area contributed by atoms with Gasteiger partial charge in [-0.1, -0.05) is 36.7 Å². The Morgan fingerprint density at radius 2 is 2.09 bits per heavy atom. The maximum atomic E-state index is 12.9. The second-order valence-electron chi connectivity index (χ2n) is 7.87. The van der Waals surface area contributed by atoms with Gasteiger partial charge in [-0.3, -0.25) is 14.7 Å². The summed E-state index contributed by atoms with van der Waals surface area (Å²) in [5, 5.41) is 9.35. The van der Waals surface area contributed by atoms with Crippen LogP contribution < -0.4 is 4.72 Å². The summed E-state index contributed by atoms with van der Waals surface area (Å²) >= 11 is 5.90. The second-order valence-corrected chi connectivity index (χ2v) is 10.0. The van der Waals surface area contributed by atoms with Crippen molar-refractivity contribution in [2.75, 3.05) is 13.1 Å². The number of likely N-dealkylation sites (N-methyl/N-ethyl adjacent to an activating group) is 1. The monoisotopic (exact) mass is 477 g/mol. The van der Waals surface area contributed by atoms with Crippen LogP contribution in [0.4, 0.5) is 0 Å². The Morgan fingerprint density at radius 1 is 1.34 bits per heavy atom. The van der Waals surface area contributed by atoms with Gasteiger partial charge in [0.1, 0.15) is 0 Å². The van der Waals surface area contributed by atoms with Crippen LogP contribution in [0.5, 0.6) is 0 Å². The van der Waals surface area contributed by atoms with E-state index in [0.717, 1.165) is 5.56 Å². The first kappa shape index (κ1) is 24.4. The number of unbranched alkanes of at least 4 members (excludes halogenated alkanes) is 1. The molecular weight excluding hydrogens is 450 g/mol. The molecule has 0 unspecified atom stereocenters. The molecule has 1 aliphatic heterocycles. The van der Waals surface area contributed by atoms with Crippen molar-refractivity contribution < 1.29 is 18.3 Å². The lowest BCUT2D eigenvalue weighted by Gasteiger charge is -2.35. The molecule has 32 heavy (non-hydrogen) atoms. The van der Waals surface area contributed by atoms with Crippen LogP contribution in [0, 0.1) is 0 Å². The quantitative estimate of drug-likeness (QED) is 0.398. The van der Waals surface area contributed by atoms with E-state index in [1.165, 1.54) is 12.1 Å². The first-order valence-electron chi connectivity index (χ1n) is 10.6. The molecule has 0 bridgehead atoms. The minimum Gasteiger partial charge on any atom is -0.481 e. The van der Waals surface area contributed by atoms with Crippen molar-refractivity contribution >= 4 is 27.6 Å². The molecular formula is C23H28ClN3O4S.